The molecule has 0 spiro atoms. The highest BCUT2D eigenvalue weighted by Crippen LogP contribution is 2.39. The highest BCUT2D eigenvalue weighted by molar-refractivity contribution is 5.80. The van der Waals surface area contributed by atoms with Gasteiger partial charge in [0, 0.05) is 5.56 Å². The van der Waals surface area contributed by atoms with Gasteiger partial charge in [0.25, 0.3) is 5.56 Å². The minimum atomic E-state index is -0.500. The van der Waals surface area contributed by atoms with Crippen LogP contribution in [0.5, 0.6) is 0 Å². The Hall–Kier alpha value is -3.72. The predicted octanol–water partition coefficient (Wildman–Crippen LogP) is 3.63. The zero-order valence-electron chi connectivity index (χ0n) is 14.5. The van der Waals surface area contributed by atoms with Crippen LogP contribution >= 0.6 is 0 Å². The maximum atomic E-state index is 12.2. The van der Waals surface area contributed by atoms with Crippen molar-refractivity contribution in [2.45, 2.75) is 18.8 Å². The number of aromatic nitrogens is 2. The first kappa shape index (κ1) is 16.7. The first-order chi connectivity index (χ1) is 13.2. The van der Waals surface area contributed by atoms with Crippen molar-refractivity contribution in [2.24, 2.45) is 5.10 Å². The lowest BCUT2D eigenvalue weighted by atomic mass is 10.1. The molecule has 27 heavy (non-hydrogen) atoms. The second kappa shape index (κ2) is 7.26. The summed E-state index contributed by atoms with van der Waals surface area (Å²) in [5.74, 6) is 0.865. The monoisotopic (exact) mass is 355 g/mol. The van der Waals surface area contributed by atoms with Crippen LogP contribution in [0.25, 0.3) is 11.3 Å². The molecule has 1 fully saturated rings. The van der Waals surface area contributed by atoms with E-state index in [4.69, 9.17) is 0 Å². The van der Waals surface area contributed by atoms with Crippen molar-refractivity contribution in [3.63, 3.8) is 0 Å². The van der Waals surface area contributed by atoms with E-state index in [2.05, 4.69) is 32.6 Å². The third-order valence-corrected chi connectivity index (χ3v) is 4.42. The summed E-state index contributed by atoms with van der Waals surface area (Å²) in [6.07, 6.45) is 4.18. The Kier molecular flexibility index (Phi) is 4.50. The van der Waals surface area contributed by atoms with Crippen molar-refractivity contribution in [3.8, 4) is 17.3 Å². The summed E-state index contributed by atoms with van der Waals surface area (Å²) in [5, 5.41) is 13.5. The molecular formula is C21H17N5O. The molecule has 6 nitrogen and oxygen atoms in total. The summed E-state index contributed by atoms with van der Waals surface area (Å²) in [4.78, 5) is 19.1. The van der Waals surface area contributed by atoms with E-state index in [0.29, 0.717) is 17.2 Å². The van der Waals surface area contributed by atoms with E-state index in [9.17, 15) is 10.1 Å². The van der Waals surface area contributed by atoms with E-state index in [-0.39, 0.29) is 11.5 Å². The van der Waals surface area contributed by atoms with Crippen LogP contribution in [0.2, 0.25) is 0 Å². The molecule has 1 saturated carbocycles. The molecule has 0 saturated heterocycles. The number of hydrogen-bond donors (Lipinski definition) is 2. The van der Waals surface area contributed by atoms with Crippen LogP contribution in [0.4, 0.5) is 5.95 Å². The second-order valence-electron chi connectivity index (χ2n) is 6.43. The van der Waals surface area contributed by atoms with Gasteiger partial charge in [-0.2, -0.15) is 10.4 Å². The highest BCUT2D eigenvalue weighted by Gasteiger charge is 2.23. The van der Waals surface area contributed by atoms with Crippen molar-refractivity contribution < 1.29 is 0 Å². The number of nitriles is 1. The minimum absolute atomic E-state index is 0.0205. The fourth-order valence-corrected chi connectivity index (χ4v) is 2.91. The molecule has 1 aromatic heterocycles. The number of H-pyrrole nitrogens is 1. The van der Waals surface area contributed by atoms with Crippen molar-refractivity contribution in [1.82, 2.24) is 9.97 Å². The summed E-state index contributed by atoms with van der Waals surface area (Å²) in [6, 6.07) is 19.3. The Bertz CT molecular complexity index is 1090. The normalized spacial score (nSPS) is 13.4. The summed E-state index contributed by atoms with van der Waals surface area (Å²) >= 11 is 0. The lowest BCUT2D eigenvalue weighted by Crippen LogP contribution is -2.16. The number of hydrazone groups is 1. The molecule has 0 aliphatic heterocycles. The molecule has 1 heterocycles. The molecule has 132 valence electrons. The zero-order chi connectivity index (χ0) is 18.6. The number of nitrogens with one attached hydrogen (secondary N) is 2. The lowest BCUT2D eigenvalue weighted by molar-refractivity contribution is 1.08. The molecule has 0 atom stereocenters. The first-order valence-electron chi connectivity index (χ1n) is 8.73. The van der Waals surface area contributed by atoms with E-state index in [1.807, 2.05) is 36.4 Å². The van der Waals surface area contributed by atoms with Gasteiger partial charge in [-0.3, -0.25) is 9.78 Å². The van der Waals surface area contributed by atoms with E-state index in [1.54, 1.807) is 18.3 Å². The quantitative estimate of drug-likeness (QED) is 0.540. The van der Waals surface area contributed by atoms with E-state index in [1.165, 1.54) is 18.4 Å². The Morgan fingerprint density at radius 1 is 1.19 bits per heavy atom. The molecule has 1 aliphatic carbocycles. The van der Waals surface area contributed by atoms with Crippen LogP contribution in [0.3, 0.4) is 0 Å². The van der Waals surface area contributed by atoms with E-state index < -0.39 is 5.56 Å². The molecule has 0 radical (unpaired) electrons. The van der Waals surface area contributed by atoms with Crippen molar-refractivity contribution in [2.75, 3.05) is 5.43 Å². The molecule has 3 aromatic rings. The standard InChI is InChI=1S/C21H17N5O/c22-12-18-19(16-6-2-1-3-7-16)24-21(25-20(18)27)26-23-13-14-5-4-8-17(11-14)15-9-10-15/h1-8,11,13,15H,9-10H2,(H2,24,25,26,27). The average Bonchev–Trinajstić information content (AvgIpc) is 3.54. The Labute approximate surface area is 156 Å². The van der Waals surface area contributed by atoms with Crippen LogP contribution in [-0.4, -0.2) is 16.2 Å². The smallest absolute Gasteiger partial charge is 0.270 e. The number of hydrogen-bond acceptors (Lipinski definition) is 5. The maximum Gasteiger partial charge on any atom is 0.270 e. The second-order valence-corrected chi connectivity index (χ2v) is 6.43. The van der Waals surface area contributed by atoms with Gasteiger partial charge in [0.15, 0.2) is 0 Å². The molecule has 1 aliphatic rings. The van der Waals surface area contributed by atoms with Crippen molar-refractivity contribution >= 4 is 12.2 Å². The van der Waals surface area contributed by atoms with Gasteiger partial charge < -0.3 is 0 Å². The summed E-state index contributed by atoms with van der Waals surface area (Å²) in [6.45, 7) is 0. The van der Waals surface area contributed by atoms with Crippen molar-refractivity contribution in [3.05, 3.63) is 81.6 Å². The van der Waals surface area contributed by atoms with Crippen LogP contribution in [0.1, 0.15) is 35.4 Å². The fourth-order valence-electron chi connectivity index (χ4n) is 2.91. The van der Waals surface area contributed by atoms with Gasteiger partial charge in [-0.25, -0.2) is 10.4 Å². The molecule has 4 rings (SSSR count). The average molecular weight is 355 g/mol. The molecule has 6 heteroatoms. The third kappa shape index (κ3) is 3.77. The minimum Gasteiger partial charge on any atom is -0.290 e. The largest absolute Gasteiger partial charge is 0.290 e. The zero-order valence-corrected chi connectivity index (χ0v) is 14.5. The van der Waals surface area contributed by atoms with Crippen LogP contribution in [-0.2, 0) is 0 Å². The van der Waals surface area contributed by atoms with Gasteiger partial charge in [-0.15, -0.1) is 0 Å². The number of benzene rings is 2. The molecule has 0 bridgehead atoms. The van der Waals surface area contributed by atoms with Gasteiger partial charge in [0.05, 0.1) is 11.9 Å². The number of anilines is 1. The number of rotatable bonds is 5. The number of nitrogens with zero attached hydrogens (tertiary/aromatic N) is 3. The Morgan fingerprint density at radius 3 is 2.74 bits per heavy atom. The Morgan fingerprint density at radius 2 is 2.00 bits per heavy atom. The van der Waals surface area contributed by atoms with Gasteiger partial charge in [0.1, 0.15) is 11.6 Å². The summed E-state index contributed by atoms with van der Waals surface area (Å²) < 4.78 is 0. The predicted molar refractivity (Wildman–Crippen MR) is 105 cm³/mol. The summed E-state index contributed by atoms with van der Waals surface area (Å²) in [5.41, 5.74) is 5.57. The van der Waals surface area contributed by atoms with Gasteiger partial charge >= 0.3 is 0 Å². The maximum absolute atomic E-state index is 12.2. The topological polar surface area (TPSA) is 93.9 Å². The van der Waals surface area contributed by atoms with Gasteiger partial charge in [-0.1, -0.05) is 48.5 Å². The van der Waals surface area contributed by atoms with Crippen LogP contribution in [0.15, 0.2) is 64.5 Å². The number of aromatic amines is 1. The Balaban J connectivity index is 1.59. The molecule has 2 aromatic carbocycles. The molecule has 0 amide bonds. The third-order valence-electron chi connectivity index (χ3n) is 4.42. The highest BCUT2D eigenvalue weighted by atomic mass is 16.1. The van der Waals surface area contributed by atoms with Gasteiger partial charge in [0.2, 0.25) is 5.95 Å². The first-order valence-corrected chi connectivity index (χ1v) is 8.73. The van der Waals surface area contributed by atoms with Crippen LogP contribution in [0, 0.1) is 11.3 Å². The van der Waals surface area contributed by atoms with E-state index in [0.717, 1.165) is 5.56 Å². The summed E-state index contributed by atoms with van der Waals surface area (Å²) in [7, 11) is 0. The molecule has 0 unspecified atom stereocenters. The van der Waals surface area contributed by atoms with Crippen LogP contribution < -0.4 is 11.0 Å². The van der Waals surface area contributed by atoms with Crippen molar-refractivity contribution in [1.29, 1.82) is 5.26 Å². The lowest BCUT2D eigenvalue weighted by Gasteiger charge is -2.06. The van der Waals surface area contributed by atoms with E-state index >= 15 is 0 Å². The molecule has 2 N–H and O–H groups in total. The molecular weight excluding hydrogens is 338 g/mol. The SMILES string of the molecule is N#Cc1c(-c2ccccc2)nc(NN=Cc2cccc(C3CC3)c2)[nH]c1=O. The van der Waals surface area contributed by atoms with Gasteiger partial charge in [-0.05, 0) is 36.0 Å². The fraction of sp³-hybridized carbons (Fsp3) is 0.143.